The summed E-state index contributed by atoms with van der Waals surface area (Å²) in [6, 6.07) is 0. The fourth-order valence-corrected chi connectivity index (χ4v) is 1.29. The third kappa shape index (κ3) is 3.07. The van der Waals surface area contributed by atoms with Crippen molar-refractivity contribution in [3.05, 3.63) is 16.9 Å². The highest BCUT2D eigenvalue weighted by atomic mass is 35.5. The second kappa shape index (κ2) is 5.33. The Kier molecular flexibility index (Phi) is 4.37. The van der Waals surface area contributed by atoms with Crippen LogP contribution in [-0.4, -0.2) is 22.1 Å². The van der Waals surface area contributed by atoms with Gasteiger partial charge in [-0.1, -0.05) is 35.2 Å². The minimum absolute atomic E-state index is 0.278. The van der Waals surface area contributed by atoms with Gasteiger partial charge in [-0.25, -0.2) is 9.97 Å². The Balaban J connectivity index is 2.98. The topological polar surface area (TPSA) is 25.8 Å². The maximum atomic E-state index is 5.83. The molecule has 13 heavy (non-hydrogen) atoms. The van der Waals surface area contributed by atoms with Gasteiger partial charge in [0.1, 0.15) is 5.15 Å². The fraction of sp³-hybridized carbons (Fsp3) is 0.250. The van der Waals surface area contributed by atoms with Crippen LogP contribution in [0.3, 0.4) is 0 Å². The first-order chi connectivity index (χ1) is 6.27. The van der Waals surface area contributed by atoms with Crippen molar-refractivity contribution in [3.63, 3.8) is 0 Å². The summed E-state index contributed by atoms with van der Waals surface area (Å²) in [7, 11) is 0. The Morgan fingerprint density at radius 3 is 2.92 bits per heavy atom. The van der Waals surface area contributed by atoms with E-state index in [1.165, 1.54) is 11.8 Å². The molecule has 1 rings (SSSR count). The molecule has 2 nitrogen and oxygen atoms in total. The molecule has 5 heteroatoms. The Bertz CT molecular complexity index is 357. The predicted octanol–water partition coefficient (Wildman–Crippen LogP) is 2.44. The highest BCUT2D eigenvalue weighted by molar-refractivity contribution is 7.98. The van der Waals surface area contributed by atoms with E-state index in [0.717, 1.165) is 0 Å². The van der Waals surface area contributed by atoms with E-state index in [1.807, 2.05) is 6.26 Å². The van der Waals surface area contributed by atoms with E-state index in [2.05, 4.69) is 21.8 Å². The standard InChI is InChI=1S/C8H6Cl2N2S/c1-13-8-11-5-6(3-2-4-9)7(10)12-8/h5H,4H2,1H3. The van der Waals surface area contributed by atoms with Gasteiger partial charge >= 0.3 is 0 Å². The predicted molar refractivity (Wildman–Crippen MR) is 56.4 cm³/mol. The summed E-state index contributed by atoms with van der Waals surface area (Å²) in [6.45, 7) is 0. The zero-order valence-electron chi connectivity index (χ0n) is 6.84. The summed E-state index contributed by atoms with van der Waals surface area (Å²) >= 11 is 12.7. The Labute approximate surface area is 91.1 Å². The lowest BCUT2D eigenvalue weighted by molar-refractivity contribution is 0.965. The van der Waals surface area contributed by atoms with Gasteiger partial charge in [0.25, 0.3) is 0 Å². The first-order valence-electron chi connectivity index (χ1n) is 3.39. The second-order valence-corrected chi connectivity index (χ2v) is 3.40. The Hall–Kier alpha value is -0.430. The van der Waals surface area contributed by atoms with E-state index in [-0.39, 0.29) is 5.88 Å². The van der Waals surface area contributed by atoms with E-state index >= 15 is 0 Å². The van der Waals surface area contributed by atoms with Gasteiger partial charge in [0.2, 0.25) is 0 Å². The average molecular weight is 233 g/mol. The molecular weight excluding hydrogens is 227 g/mol. The number of hydrogen-bond acceptors (Lipinski definition) is 3. The molecule has 0 bridgehead atoms. The quantitative estimate of drug-likeness (QED) is 0.245. The molecule has 0 radical (unpaired) electrons. The lowest BCUT2D eigenvalue weighted by Gasteiger charge is -1.96. The van der Waals surface area contributed by atoms with Crippen molar-refractivity contribution in [2.45, 2.75) is 5.16 Å². The number of thioether (sulfide) groups is 1. The molecule has 0 amide bonds. The highest BCUT2D eigenvalue weighted by Gasteiger charge is 2.00. The first-order valence-corrected chi connectivity index (χ1v) is 5.53. The van der Waals surface area contributed by atoms with Crippen LogP contribution >= 0.6 is 35.0 Å². The SMILES string of the molecule is CSc1ncc(C#CCCl)c(Cl)n1. The molecule has 1 aromatic rings. The van der Waals surface area contributed by atoms with Gasteiger partial charge in [-0.05, 0) is 6.26 Å². The molecule has 0 atom stereocenters. The zero-order valence-corrected chi connectivity index (χ0v) is 9.17. The number of aromatic nitrogens is 2. The number of halogens is 2. The van der Waals surface area contributed by atoms with Gasteiger partial charge in [0.15, 0.2) is 5.16 Å². The Morgan fingerprint density at radius 2 is 2.38 bits per heavy atom. The molecule has 0 saturated carbocycles. The smallest absolute Gasteiger partial charge is 0.188 e. The van der Waals surface area contributed by atoms with Gasteiger partial charge < -0.3 is 0 Å². The summed E-state index contributed by atoms with van der Waals surface area (Å²) < 4.78 is 0. The molecule has 0 aliphatic carbocycles. The molecule has 0 aromatic carbocycles. The van der Waals surface area contributed by atoms with Crippen LogP contribution < -0.4 is 0 Å². The summed E-state index contributed by atoms with van der Waals surface area (Å²) in [4.78, 5) is 8.05. The molecule has 1 heterocycles. The molecule has 0 N–H and O–H groups in total. The average Bonchev–Trinajstić information content (AvgIpc) is 2.16. The number of hydrogen-bond donors (Lipinski definition) is 0. The summed E-state index contributed by atoms with van der Waals surface area (Å²) in [6.07, 6.45) is 3.48. The summed E-state index contributed by atoms with van der Waals surface area (Å²) in [5.41, 5.74) is 0.611. The molecule has 0 spiro atoms. The molecule has 1 aromatic heterocycles. The minimum Gasteiger partial charge on any atom is -0.230 e. The van der Waals surface area contributed by atoms with Crippen LogP contribution in [0.2, 0.25) is 5.15 Å². The molecule has 68 valence electrons. The number of alkyl halides is 1. The van der Waals surface area contributed by atoms with Crippen LogP contribution in [0.5, 0.6) is 0 Å². The molecule has 0 unspecified atom stereocenters. The molecule has 0 aliphatic heterocycles. The molecule has 0 fully saturated rings. The van der Waals surface area contributed by atoms with Gasteiger partial charge in [0, 0.05) is 6.20 Å². The highest BCUT2D eigenvalue weighted by Crippen LogP contribution is 2.15. The van der Waals surface area contributed by atoms with Crippen molar-refractivity contribution < 1.29 is 0 Å². The van der Waals surface area contributed by atoms with E-state index in [1.54, 1.807) is 6.20 Å². The summed E-state index contributed by atoms with van der Waals surface area (Å²) in [5.74, 6) is 5.73. The first kappa shape index (κ1) is 10.6. The number of rotatable bonds is 1. The third-order valence-corrected chi connectivity index (χ3v) is 2.18. The van der Waals surface area contributed by atoms with Gasteiger partial charge in [-0.2, -0.15) is 0 Å². The van der Waals surface area contributed by atoms with Gasteiger partial charge in [0.05, 0.1) is 11.4 Å². The molecule has 0 saturated heterocycles. The second-order valence-electron chi connectivity index (χ2n) is 2.00. The molecular formula is C8H6Cl2N2S. The minimum atomic E-state index is 0.278. The van der Waals surface area contributed by atoms with Crippen molar-refractivity contribution in [1.29, 1.82) is 0 Å². The van der Waals surface area contributed by atoms with Crippen molar-refractivity contribution in [3.8, 4) is 11.8 Å². The van der Waals surface area contributed by atoms with Crippen molar-refractivity contribution in [1.82, 2.24) is 9.97 Å². The van der Waals surface area contributed by atoms with Crippen LogP contribution in [0.4, 0.5) is 0 Å². The van der Waals surface area contributed by atoms with Crippen LogP contribution in [0.1, 0.15) is 5.56 Å². The maximum absolute atomic E-state index is 5.83. The monoisotopic (exact) mass is 232 g/mol. The van der Waals surface area contributed by atoms with Crippen molar-refractivity contribution >= 4 is 35.0 Å². The summed E-state index contributed by atoms with van der Waals surface area (Å²) in [5, 5.41) is 1.01. The van der Waals surface area contributed by atoms with Crippen molar-refractivity contribution in [2.75, 3.05) is 12.1 Å². The Morgan fingerprint density at radius 1 is 1.62 bits per heavy atom. The van der Waals surface area contributed by atoms with E-state index < -0.39 is 0 Å². The largest absolute Gasteiger partial charge is 0.230 e. The normalized spacial score (nSPS) is 9.15. The zero-order chi connectivity index (χ0) is 9.68. The number of nitrogens with zero attached hydrogens (tertiary/aromatic N) is 2. The van der Waals surface area contributed by atoms with E-state index in [4.69, 9.17) is 23.2 Å². The third-order valence-electron chi connectivity index (χ3n) is 1.19. The molecule has 0 aliphatic rings. The van der Waals surface area contributed by atoms with Crippen LogP contribution in [0.25, 0.3) is 0 Å². The lowest BCUT2D eigenvalue weighted by atomic mass is 10.3. The van der Waals surface area contributed by atoms with E-state index in [0.29, 0.717) is 15.9 Å². The van der Waals surface area contributed by atoms with Gasteiger partial charge in [-0.3, -0.25) is 0 Å². The van der Waals surface area contributed by atoms with E-state index in [9.17, 15) is 0 Å². The lowest BCUT2D eigenvalue weighted by Crippen LogP contribution is -1.89. The van der Waals surface area contributed by atoms with Crippen molar-refractivity contribution in [2.24, 2.45) is 0 Å². The van der Waals surface area contributed by atoms with Gasteiger partial charge in [-0.15, -0.1) is 11.6 Å². The fourth-order valence-electron chi connectivity index (χ4n) is 0.657. The van der Waals surface area contributed by atoms with Crippen LogP contribution in [0, 0.1) is 11.8 Å². The maximum Gasteiger partial charge on any atom is 0.188 e. The van der Waals surface area contributed by atoms with Crippen LogP contribution in [0.15, 0.2) is 11.4 Å². The van der Waals surface area contributed by atoms with Crippen LogP contribution in [-0.2, 0) is 0 Å².